The van der Waals surface area contributed by atoms with Crippen molar-refractivity contribution in [3.8, 4) is 0 Å². The molecule has 2 aromatic carbocycles. The molecule has 0 aliphatic heterocycles. The summed E-state index contributed by atoms with van der Waals surface area (Å²) in [6, 6.07) is 12.6. The Bertz CT molecular complexity index is 696. The Morgan fingerprint density at radius 2 is 1.59 bits per heavy atom. The van der Waals surface area contributed by atoms with Crippen molar-refractivity contribution in [3.63, 3.8) is 0 Å². The van der Waals surface area contributed by atoms with Crippen molar-refractivity contribution in [1.29, 1.82) is 0 Å². The van der Waals surface area contributed by atoms with E-state index in [0.717, 1.165) is 11.1 Å². The number of aryl methyl sites for hydroxylation is 2. The van der Waals surface area contributed by atoms with E-state index in [9.17, 15) is 9.59 Å². The number of amides is 2. The van der Waals surface area contributed by atoms with Crippen LogP contribution in [0.3, 0.4) is 0 Å². The number of nitrogens with one attached hydrogen (secondary N) is 2. The van der Waals surface area contributed by atoms with Crippen molar-refractivity contribution >= 4 is 34.8 Å². The van der Waals surface area contributed by atoms with Gasteiger partial charge in [0.05, 0.1) is 0 Å². The second kappa shape index (κ2) is 7.09. The summed E-state index contributed by atoms with van der Waals surface area (Å²) < 4.78 is 0. The molecular formula is C17H17ClN2O2. The summed E-state index contributed by atoms with van der Waals surface area (Å²) in [7, 11) is 0. The van der Waals surface area contributed by atoms with Crippen LogP contribution >= 0.6 is 11.6 Å². The minimum atomic E-state index is -0.380. The van der Waals surface area contributed by atoms with E-state index in [-0.39, 0.29) is 18.2 Å². The van der Waals surface area contributed by atoms with Gasteiger partial charge in [-0.3, -0.25) is 9.59 Å². The molecule has 2 amide bonds. The molecule has 0 heterocycles. The number of hydrogen-bond acceptors (Lipinski definition) is 2. The maximum atomic E-state index is 11.9. The molecular weight excluding hydrogens is 300 g/mol. The largest absolute Gasteiger partial charge is 0.326 e. The quantitative estimate of drug-likeness (QED) is 0.840. The van der Waals surface area contributed by atoms with E-state index in [1.54, 1.807) is 24.3 Å². The number of anilines is 2. The van der Waals surface area contributed by atoms with Crippen LogP contribution in [0.25, 0.3) is 0 Å². The molecule has 0 aliphatic rings. The van der Waals surface area contributed by atoms with Crippen LogP contribution in [-0.4, -0.2) is 11.8 Å². The molecule has 0 radical (unpaired) electrons. The second-order valence-electron chi connectivity index (χ2n) is 5.10. The summed E-state index contributed by atoms with van der Waals surface area (Å²) in [5, 5.41) is 5.91. The average Bonchev–Trinajstić information content (AvgIpc) is 2.45. The first kappa shape index (κ1) is 16.0. The zero-order chi connectivity index (χ0) is 16.1. The van der Waals surface area contributed by atoms with Gasteiger partial charge in [-0.2, -0.15) is 0 Å². The summed E-state index contributed by atoms with van der Waals surface area (Å²) >= 11 is 5.90. The smallest absolute Gasteiger partial charge is 0.233 e. The van der Waals surface area contributed by atoms with Crippen molar-refractivity contribution in [2.24, 2.45) is 0 Å². The maximum Gasteiger partial charge on any atom is 0.233 e. The number of carbonyl (C=O) groups is 2. The molecule has 4 nitrogen and oxygen atoms in total. The summed E-state index contributed by atoms with van der Waals surface area (Å²) in [6.07, 6.45) is -0.250. The van der Waals surface area contributed by atoms with Crippen molar-refractivity contribution in [1.82, 2.24) is 0 Å². The van der Waals surface area contributed by atoms with E-state index >= 15 is 0 Å². The summed E-state index contributed by atoms with van der Waals surface area (Å²) in [5.74, 6) is -0.740. The Hall–Kier alpha value is -2.33. The van der Waals surface area contributed by atoms with Crippen LogP contribution in [0.4, 0.5) is 11.4 Å². The molecule has 0 fully saturated rings. The lowest BCUT2D eigenvalue weighted by Gasteiger charge is -2.09. The van der Waals surface area contributed by atoms with Gasteiger partial charge < -0.3 is 10.6 Å². The van der Waals surface area contributed by atoms with Gasteiger partial charge in [0.2, 0.25) is 11.8 Å². The van der Waals surface area contributed by atoms with Gasteiger partial charge in [0.15, 0.2) is 0 Å². The Kier molecular flexibility index (Phi) is 5.17. The van der Waals surface area contributed by atoms with Gasteiger partial charge in [0.1, 0.15) is 6.42 Å². The van der Waals surface area contributed by atoms with Crippen molar-refractivity contribution in [2.45, 2.75) is 20.3 Å². The lowest BCUT2D eigenvalue weighted by Crippen LogP contribution is -2.21. The van der Waals surface area contributed by atoms with E-state index in [1.807, 2.05) is 32.0 Å². The van der Waals surface area contributed by atoms with Crippen LogP contribution in [0.1, 0.15) is 17.5 Å². The van der Waals surface area contributed by atoms with Gasteiger partial charge in [0, 0.05) is 16.4 Å². The van der Waals surface area contributed by atoms with Crippen molar-refractivity contribution in [3.05, 3.63) is 58.6 Å². The highest BCUT2D eigenvalue weighted by Crippen LogP contribution is 2.20. The first-order valence-electron chi connectivity index (χ1n) is 6.86. The van der Waals surface area contributed by atoms with Gasteiger partial charge >= 0.3 is 0 Å². The Labute approximate surface area is 134 Å². The third kappa shape index (κ3) is 4.60. The van der Waals surface area contributed by atoms with Crippen LogP contribution in [0.5, 0.6) is 0 Å². The molecule has 0 bridgehead atoms. The third-order valence-corrected chi connectivity index (χ3v) is 3.37. The Morgan fingerprint density at radius 3 is 2.27 bits per heavy atom. The molecule has 2 rings (SSSR count). The van der Waals surface area contributed by atoms with Crippen LogP contribution in [0, 0.1) is 13.8 Å². The lowest BCUT2D eigenvalue weighted by atomic mass is 10.2. The molecule has 22 heavy (non-hydrogen) atoms. The zero-order valence-corrected chi connectivity index (χ0v) is 13.2. The van der Waals surface area contributed by atoms with Crippen LogP contribution in [0.2, 0.25) is 5.02 Å². The highest BCUT2D eigenvalue weighted by molar-refractivity contribution is 6.31. The molecule has 114 valence electrons. The lowest BCUT2D eigenvalue weighted by molar-refractivity contribution is -0.123. The molecule has 0 unspecified atom stereocenters. The molecule has 0 aliphatic carbocycles. The number of halogens is 1. The Morgan fingerprint density at radius 1 is 0.955 bits per heavy atom. The van der Waals surface area contributed by atoms with E-state index < -0.39 is 0 Å². The number of hydrogen-bond donors (Lipinski definition) is 2. The van der Waals surface area contributed by atoms with Gasteiger partial charge in [-0.05, 0) is 43.7 Å². The molecule has 5 heteroatoms. The second-order valence-corrected chi connectivity index (χ2v) is 5.53. The average molecular weight is 317 g/mol. The molecule has 0 aromatic heterocycles. The Balaban J connectivity index is 1.92. The predicted octanol–water partition coefficient (Wildman–Crippen LogP) is 3.92. The summed E-state index contributed by atoms with van der Waals surface area (Å²) in [4.78, 5) is 23.8. The van der Waals surface area contributed by atoms with E-state index in [4.69, 9.17) is 11.6 Å². The van der Waals surface area contributed by atoms with Crippen LogP contribution in [-0.2, 0) is 9.59 Å². The highest BCUT2D eigenvalue weighted by Gasteiger charge is 2.11. The summed E-state index contributed by atoms with van der Waals surface area (Å²) in [5.41, 5.74) is 3.27. The monoisotopic (exact) mass is 316 g/mol. The molecule has 2 N–H and O–H groups in total. The first-order chi connectivity index (χ1) is 10.4. The van der Waals surface area contributed by atoms with Crippen LogP contribution in [0.15, 0.2) is 42.5 Å². The SMILES string of the molecule is Cc1ccc(NC(=O)CC(=O)Nc2cc(Cl)ccc2C)cc1. The zero-order valence-electron chi connectivity index (χ0n) is 12.4. The van der Waals surface area contributed by atoms with Gasteiger partial charge in [-0.15, -0.1) is 0 Å². The normalized spacial score (nSPS) is 10.1. The summed E-state index contributed by atoms with van der Waals surface area (Å²) in [6.45, 7) is 3.82. The highest BCUT2D eigenvalue weighted by atomic mass is 35.5. The van der Waals surface area contributed by atoms with E-state index in [2.05, 4.69) is 10.6 Å². The van der Waals surface area contributed by atoms with Crippen molar-refractivity contribution in [2.75, 3.05) is 10.6 Å². The molecule has 0 atom stereocenters. The molecule has 0 saturated carbocycles. The van der Waals surface area contributed by atoms with E-state index in [0.29, 0.717) is 16.4 Å². The maximum absolute atomic E-state index is 11.9. The number of carbonyl (C=O) groups excluding carboxylic acids is 2. The molecule has 0 saturated heterocycles. The van der Waals surface area contributed by atoms with Crippen LogP contribution < -0.4 is 10.6 Å². The number of rotatable bonds is 4. The fourth-order valence-electron chi connectivity index (χ4n) is 1.91. The fraction of sp³-hybridized carbons (Fsp3) is 0.176. The minimum Gasteiger partial charge on any atom is -0.326 e. The number of benzene rings is 2. The minimum absolute atomic E-state index is 0.250. The molecule has 2 aromatic rings. The fourth-order valence-corrected chi connectivity index (χ4v) is 2.08. The van der Waals surface area contributed by atoms with Gasteiger partial charge in [-0.25, -0.2) is 0 Å². The predicted molar refractivity (Wildman–Crippen MR) is 89.2 cm³/mol. The van der Waals surface area contributed by atoms with E-state index in [1.165, 1.54) is 0 Å². The van der Waals surface area contributed by atoms with Gasteiger partial charge in [0.25, 0.3) is 0 Å². The standard InChI is InChI=1S/C17H17ClN2O2/c1-11-3-7-14(8-4-11)19-16(21)10-17(22)20-15-9-13(18)6-5-12(15)2/h3-9H,10H2,1-2H3,(H,19,21)(H,20,22). The third-order valence-electron chi connectivity index (χ3n) is 3.13. The topological polar surface area (TPSA) is 58.2 Å². The van der Waals surface area contributed by atoms with Crippen molar-refractivity contribution < 1.29 is 9.59 Å². The van der Waals surface area contributed by atoms with Gasteiger partial charge in [-0.1, -0.05) is 35.4 Å². The first-order valence-corrected chi connectivity index (χ1v) is 7.24. The molecule has 0 spiro atoms.